The molecule has 6 heteroatoms. The third-order valence-corrected chi connectivity index (χ3v) is 7.81. The normalized spacial score (nSPS) is 12.7. The van der Waals surface area contributed by atoms with Gasteiger partial charge in [-0.25, -0.2) is 0 Å². The zero-order valence-electron chi connectivity index (χ0n) is 26.9. The van der Waals surface area contributed by atoms with Gasteiger partial charge in [0.25, 0.3) is 0 Å². The molecule has 0 aromatic heterocycles. The van der Waals surface area contributed by atoms with E-state index in [-0.39, 0.29) is 12.0 Å². The van der Waals surface area contributed by atoms with Gasteiger partial charge in [-0.3, -0.25) is 4.79 Å². The maximum absolute atomic E-state index is 11.6. The first-order valence-electron chi connectivity index (χ1n) is 16.4. The van der Waals surface area contributed by atoms with Gasteiger partial charge in [-0.15, -0.1) is 0 Å². The van der Waals surface area contributed by atoms with Gasteiger partial charge in [0.1, 0.15) is 12.6 Å². The zero-order chi connectivity index (χ0) is 30.0. The lowest BCUT2D eigenvalue weighted by atomic mass is 9.95. The number of ether oxygens (including phenoxy) is 1. The van der Waals surface area contributed by atoms with Gasteiger partial charge in [-0.2, -0.15) is 11.8 Å². The first-order valence-corrected chi connectivity index (χ1v) is 17.5. The molecule has 0 saturated heterocycles. The molecule has 39 heavy (non-hydrogen) atoms. The van der Waals surface area contributed by atoms with Gasteiger partial charge in [-0.1, -0.05) is 125 Å². The van der Waals surface area contributed by atoms with Crippen LogP contribution in [0.15, 0.2) is 0 Å². The monoisotopic (exact) mass is 573 g/mol. The van der Waals surface area contributed by atoms with E-state index in [0.29, 0.717) is 31.3 Å². The highest BCUT2D eigenvalue weighted by Crippen LogP contribution is 2.17. The van der Waals surface area contributed by atoms with Crippen molar-refractivity contribution in [1.29, 1.82) is 0 Å². The minimum atomic E-state index is -0.377. The van der Waals surface area contributed by atoms with Crippen molar-refractivity contribution in [2.75, 3.05) is 18.1 Å². The maximum atomic E-state index is 11.6. The summed E-state index contributed by atoms with van der Waals surface area (Å²) in [5.41, 5.74) is 5.48. The van der Waals surface area contributed by atoms with Gasteiger partial charge in [0.15, 0.2) is 0 Å². The molecule has 0 aromatic carbocycles. The number of rotatable bonds is 26. The Hall–Kier alpha value is -0.880. The fourth-order valence-corrected chi connectivity index (χ4v) is 4.98. The topological polar surface area (TPSA) is 86.5 Å². The van der Waals surface area contributed by atoms with Gasteiger partial charge in [0.2, 0.25) is 0 Å². The second-order valence-corrected chi connectivity index (χ2v) is 11.6. The molecule has 0 aliphatic heterocycles. The molecule has 0 saturated carbocycles. The molecule has 0 spiro atoms. The third kappa shape index (κ3) is 35.1. The summed E-state index contributed by atoms with van der Waals surface area (Å²) in [7, 11) is 0. The number of hydrogen-bond donors (Lipinski definition) is 1. The Bertz CT molecular complexity index is 504. The van der Waals surface area contributed by atoms with Crippen LogP contribution in [0, 0.1) is 11.8 Å². The quantitative estimate of drug-likeness (QED) is 0.0630. The van der Waals surface area contributed by atoms with Crippen molar-refractivity contribution >= 4 is 30.3 Å². The first-order chi connectivity index (χ1) is 19.0. The van der Waals surface area contributed by atoms with E-state index in [1.54, 1.807) is 11.8 Å². The molecular weight excluding hydrogens is 506 g/mol. The average Bonchev–Trinajstić information content (AvgIpc) is 2.97. The van der Waals surface area contributed by atoms with Crippen LogP contribution in [0.2, 0.25) is 0 Å². The molecule has 3 atom stereocenters. The number of aldehydes is 2. The number of carbonyl (C=O) groups excluding carboxylic acids is 3. The van der Waals surface area contributed by atoms with Crippen LogP contribution in [0.1, 0.15) is 157 Å². The summed E-state index contributed by atoms with van der Waals surface area (Å²) in [6.45, 7) is 13.3. The molecule has 0 aromatic rings. The predicted octanol–water partition coefficient (Wildman–Crippen LogP) is 9.33. The second-order valence-electron chi connectivity index (χ2n) is 10.4. The Morgan fingerprint density at radius 3 is 1.77 bits per heavy atom. The van der Waals surface area contributed by atoms with Crippen molar-refractivity contribution in [3.63, 3.8) is 0 Å². The molecule has 0 radical (unpaired) electrons. The lowest BCUT2D eigenvalue weighted by Crippen LogP contribution is -2.22. The van der Waals surface area contributed by atoms with E-state index in [2.05, 4.69) is 27.7 Å². The molecule has 0 aliphatic rings. The van der Waals surface area contributed by atoms with Crippen LogP contribution in [0.5, 0.6) is 0 Å². The van der Waals surface area contributed by atoms with Gasteiger partial charge >= 0.3 is 5.97 Å². The fourth-order valence-electron chi connectivity index (χ4n) is 4.03. The van der Waals surface area contributed by atoms with Crippen LogP contribution in [-0.2, 0) is 19.1 Å². The number of esters is 1. The first kappa shape index (κ1) is 42.6. The molecule has 2 N–H and O–H groups in total. The summed E-state index contributed by atoms with van der Waals surface area (Å²) in [6.07, 6.45) is 23.0. The highest BCUT2D eigenvalue weighted by molar-refractivity contribution is 7.99. The van der Waals surface area contributed by atoms with E-state index in [4.69, 9.17) is 10.5 Å². The molecule has 0 heterocycles. The molecule has 3 unspecified atom stereocenters. The highest BCUT2D eigenvalue weighted by atomic mass is 32.2. The Labute approximate surface area is 247 Å². The van der Waals surface area contributed by atoms with Gasteiger partial charge in [0.05, 0.1) is 19.1 Å². The van der Waals surface area contributed by atoms with Crippen LogP contribution >= 0.6 is 11.8 Å². The number of nitrogens with two attached hydrogens (primary N) is 1. The predicted molar refractivity (Wildman–Crippen MR) is 173 cm³/mol. The molecule has 0 aliphatic carbocycles. The lowest BCUT2D eigenvalue weighted by Gasteiger charge is -2.14. The van der Waals surface area contributed by atoms with Crippen LogP contribution in [0.25, 0.3) is 0 Å². The largest absolute Gasteiger partial charge is 0.465 e. The van der Waals surface area contributed by atoms with Crippen molar-refractivity contribution < 1.29 is 19.1 Å². The molecular formula is C33H67NO4S. The summed E-state index contributed by atoms with van der Waals surface area (Å²) in [5, 5.41) is 0. The second kappa shape index (κ2) is 37.1. The van der Waals surface area contributed by atoms with Crippen LogP contribution in [0.3, 0.4) is 0 Å². The number of thioether (sulfide) groups is 1. The molecule has 0 fully saturated rings. The van der Waals surface area contributed by atoms with Crippen LogP contribution in [0.4, 0.5) is 0 Å². The van der Waals surface area contributed by atoms with Crippen LogP contribution < -0.4 is 5.73 Å². The molecule has 0 bridgehead atoms. The van der Waals surface area contributed by atoms with E-state index in [1.165, 1.54) is 83.3 Å². The molecule has 0 rings (SSSR count). The van der Waals surface area contributed by atoms with Crippen molar-refractivity contribution in [1.82, 2.24) is 0 Å². The van der Waals surface area contributed by atoms with Gasteiger partial charge < -0.3 is 20.1 Å². The van der Waals surface area contributed by atoms with E-state index in [1.807, 2.05) is 13.8 Å². The minimum Gasteiger partial charge on any atom is -0.465 e. The Balaban J connectivity index is -0.000000632. The smallest absolute Gasteiger partial charge is 0.306 e. The summed E-state index contributed by atoms with van der Waals surface area (Å²) in [5.74, 6) is 2.26. The van der Waals surface area contributed by atoms with E-state index in [9.17, 15) is 14.4 Å². The summed E-state index contributed by atoms with van der Waals surface area (Å²) >= 11 is 1.64. The number of hydrogen-bond acceptors (Lipinski definition) is 6. The molecule has 234 valence electrons. The number of unbranched alkanes of at least 4 members (excludes halogenated alkanes) is 9. The zero-order valence-corrected chi connectivity index (χ0v) is 27.7. The summed E-state index contributed by atoms with van der Waals surface area (Å²) in [6, 6.07) is -0.377. The van der Waals surface area contributed by atoms with E-state index >= 15 is 0 Å². The van der Waals surface area contributed by atoms with Gasteiger partial charge in [-0.05, 0) is 37.4 Å². The minimum absolute atomic E-state index is 0.118. The van der Waals surface area contributed by atoms with Gasteiger partial charge in [0, 0.05) is 11.7 Å². The average molecular weight is 574 g/mol. The maximum Gasteiger partial charge on any atom is 0.306 e. The molecule has 0 amide bonds. The third-order valence-electron chi connectivity index (χ3n) is 6.79. The Morgan fingerprint density at radius 1 is 0.718 bits per heavy atom. The highest BCUT2D eigenvalue weighted by Gasteiger charge is 2.10. The standard InChI is InChI=1S/C16H32O.C15H29NO3S.C2H6/c1-3-5-7-9-10-12-14-16(15-17)13-11-8-6-4-2;1-3-5-6-13(4-2)12-19-15(18)8-10-20-9-7-14(16)11-17;1-2/h15-16H,3-14H2,1-2H3;11,13-14H,3-10,12,16H2,1-2H3;1-2H3. The van der Waals surface area contributed by atoms with Crippen LogP contribution in [-0.4, -0.2) is 42.7 Å². The van der Waals surface area contributed by atoms with Crippen molar-refractivity contribution in [3.8, 4) is 0 Å². The van der Waals surface area contributed by atoms with E-state index < -0.39 is 0 Å². The summed E-state index contributed by atoms with van der Waals surface area (Å²) < 4.78 is 5.31. The SMILES string of the molecule is CC.CCCCC(CC)COC(=O)CCSCCC(N)C=O.CCCCCCCCC(C=O)CCCCCC. The fraction of sp³-hybridized carbons (Fsp3) is 0.909. The summed E-state index contributed by atoms with van der Waals surface area (Å²) in [4.78, 5) is 32.8. The van der Waals surface area contributed by atoms with Crippen molar-refractivity contribution in [2.24, 2.45) is 17.6 Å². The van der Waals surface area contributed by atoms with Crippen molar-refractivity contribution in [3.05, 3.63) is 0 Å². The molecule has 5 nitrogen and oxygen atoms in total. The Morgan fingerprint density at radius 2 is 1.26 bits per heavy atom. The number of carbonyl (C=O) groups is 3. The lowest BCUT2D eigenvalue weighted by molar-refractivity contribution is -0.144. The Kier molecular flexibility index (Phi) is 40.5. The van der Waals surface area contributed by atoms with Crippen molar-refractivity contribution in [2.45, 2.75) is 163 Å². The van der Waals surface area contributed by atoms with E-state index in [0.717, 1.165) is 43.5 Å².